The number of Topliss-reactive ketones (excluding diaryl/α,β-unsaturated/α-hetero) is 1. The van der Waals surface area contributed by atoms with Crippen LogP contribution in [0.1, 0.15) is 33.1 Å². The molecule has 0 spiro atoms. The molecule has 2 saturated carbocycles. The van der Waals surface area contributed by atoms with E-state index in [1.54, 1.807) is 0 Å². The van der Waals surface area contributed by atoms with Crippen LogP contribution in [0.15, 0.2) is 12.2 Å². The molecule has 0 radical (unpaired) electrons. The van der Waals surface area contributed by atoms with Gasteiger partial charge < -0.3 is 0 Å². The second-order valence-corrected chi connectivity index (χ2v) is 4.80. The molecule has 0 N–H and O–H groups in total. The number of ketones is 1. The van der Waals surface area contributed by atoms with Gasteiger partial charge in [-0.3, -0.25) is 4.79 Å². The number of carbonyl (C=O) groups is 1. The summed E-state index contributed by atoms with van der Waals surface area (Å²) in [5.41, 5.74) is 1.30. The van der Waals surface area contributed by atoms with Crippen LogP contribution in [0.5, 0.6) is 0 Å². The number of hydrogen-bond acceptors (Lipinski definition) is 1. The zero-order valence-electron chi connectivity index (χ0n) is 7.89. The van der Waals surface area contributed by atoms with E-state index in [2.05, 4.69) is 20.4 Å². The fourth-order valence-electron chi connectivity index (χ4n) is 2.65. The lowest BCUT2D eigenvalue weighted by molar-refractivity contribution is -0.116. The Balaban J connectivity index is 2.14. The van der Waals surface area contributed by atoms with Crippen LogP contribution < -0.4 is 0 Å². The zero-order chi connectivity index (χ0) is 8.93. The molecular formula is C11H16O. The number of allylic oxidation sites excluding steroid dienone is 1. The minimum atomic E-state index is 0.313. The van der Waals surface area contributed by atoms with Gasteiger partial charge >= 0.3 is 0 Å². The molecule has 0 amide bonds. The Labute approximate surface area is 73.8 Å². The summed E-state index contributed by atoms with van der Waals surface area (Å²) in [6, 6.07) is 0. The van der Waals surface area contributed by atoms with Crippen molar-refractivity contribution < 1.29 is 4.79 Å². The predicted molar refractivity (Wildman–Crippen MR) is 48.8 cm³/mol. The normalized spacial score (nSPS) is 38.8. The third kappa shape index (κ3) is 0.954. The lowest BCUT2D eigenvalue weighted by Gasteiger charge is -2.06. The summed E-state index contributed by atoms with van der Waals surface area (Å²) in [6.45, 7) is 8.37. The summed E-state index contributed by atoms with van der Waals surface area (Å²) in [4.78, 5) is 11.4. The largest absolute Gasteiger partial charge is 0.295 e. The van der Waals surface area contributed by atoms with Crippen molar-refractivity contribution in [1.82, 2.24) is 0 Å². The third-order valence-electron chi connectivity index (χ3n) is 3.84. The molecule has 66 valence electrons. The van der Waals surface area contributed by atoms with Crippen molar-refractivity contribution in [2.45, 2.75) is 33.1 Å². The van der Waals surface area contributed by atoms with Crippen LogP contribution in [0, 0.1) is 17.3 Å². The number of rotatable bonds is 0. The van der Waals surface area contributed by atoms with Crippen LogP contribution >= 0.6 is 0 Å². The maximum Gasteiger partial charge on any atom is 0.158 e. The summed E-state index contributed by atoms with van der Waals surface area (Å²) >= 11 is 0. The van der Waals surface area contributed by atoms with Gasteiger partial charge in [-0.25, -0.2) is 0 Å². The molecule has 0 aromatic carbocycles. The number of fused-ring (bicyclic) bond motifs is 1. The minimum Gasteiger partial charge on any atom is -0.295 e. The van der Waals surface area contributed by atoms with Gasteiger partial charge in [0.05, 0.1) is 0 Å². The molecular weight excluding hydrogens is 148 g/mol. The second kappa shape index (κ2) is 2.21. The molecule has 1 nitrogen and oxygen atoms in total. The van der Waals surface area contributed by atoms with Gasteiger partial charge in [0, 0.05) is 6.42 Å². The van der Waals surface area contributed by atoms with Gasteiger partial charge in [-0.2, -0.15) is 0 Å². The average Bonchev–Trinajstić information content (AvgIpc) is 2.53. The highest BCUT2D eigenvalue weighted by Crippen LogP contribution is 2.63. The second-order valence-electron chi connectivity index (χ2n) is 4.80. The summed E-state index contributed by atoms with van der Waals surface area (Å²) < 4.78 is 0. The van der Waals surface area contributed by atoms with Crippen LogP contribution in [0.3, 0.4) is 0 Å². The van der Waals surface area contributed by atoms with Gasteiger partial charge in [0.2, 0.25) is 0 Å². The summed E-state index contributed by atoms with van der Waals surface area (Å²) in [5.74, 6) is 1.76. The van der Waals surface area contributed by atoms with E-state index in [-0.39, 0.29) is 0 Å². The Bertz CT molecular complexity index is 250. The molecule has 12 heavy (non-hydrogen) atoms. The SMILES string of the molecule is C=C1CC[C@@H]2[C@H](CC1=O)C2(C)C. The molecule has 2 atom stereocenters. The van der Waals surface area contributed by atoms with Crippen molar-refractivity contribution in [3.8, 4) is 0 Å². The van der Waals surface area contributed by atoms with Gasteiger partial charge in [-0.15, -0.1) is 0 Å². The Hall–Kier alpha value is -0.590. The van der Waals surface area contributed by atoms with Gasteiger partial charge in [-0.1, -0.05) is 20.4 Å². The van der Waals surface area contributed by atoms with Crippen LogP contribution in [0.2, 0.25) is 0 Å². The van der Waals surface area contributed by atoms with E-state index in [4.69, 9.17) is 0 Å². The van der Waals surface area contributed by atoms with Crippen molar-refractivity contribution in [3.63, 3.8) is 0 Å². The predicted octanol–water partition coefficient (Wildman–Crippen LogP) is 2.57. The lowest BCUT2D eigenvalue weighted by Crippen LogP contribution is -2.04. The molecule has 1 heteroatoms. The van der Waals surface area contributed by atoms with Gasteiger partial charge in [0.1, 0.15) is 0 Å². The van der Waals surface area contributed by atoms with Gasteiger partial charge in [0.15, 0.2) is 5.78 Å². The van der Waals surface area contributed by atoms with E-state index in [1.807, 2.05) is 0 Å². The third-order valence-corrected chi connectivity index (χ3v) is 3.84. The van der Waals surface area contributed by atoms with Crippen LogP contribution in [-0.4, -0.2) is 5.78 Å². The maximum absolute atomic E-state index is 11.4. The smallest absolute Gasteiger partial charge is 0.158 e. The van der Waals surface area contributed by atoms with E-state index in [1.165, 1.54) is 6.42 Å². The molecule has 2 aliphatic rings. The molecule has 0 aromatic rings. The fraction of sp³-hybridized carbons (Fsp3) is 0.727. The van der Waals surface area contributed by atoms with Crippen molar-refractivity contribution in [3.05, 3.63) is 12.2 Å². The van der Waals surface area contributed by atoms with Gasteiger partial charge in [0.25, 0.3) is 0 Å². The van der Waals surface area contributed by atoms with E-state index < -0.39 is 0 Å². The molecule has 0 aromatic heterocycles. The molecule has 2 aliphatic carbocycles. The Morgan fingerprint density at radius 1 is 1.42 bits per heavy atom. The molecule has 2 fully saturated rings. The highest BCUT2D eigenvalue weighted by atomic mass is 16.1. The summed E-state index contributed by atoms with van der Waals surface area (Å²) in [6.07, 6.45) is 2.88. The van der Waals surface area contributed by atoms with Crippen LogP contribution in [0.4, 0.5) is 0 Å². The highest BCUT2D eigenvalue weighted by molar-refractivity contribution is 5.95. The first-order valence-electron chi connectivity index (χ1n) is 4.74. The molecule has 0 heterocycles. The van der Waals surface area contributed by atoms with Gasteiger partial charge in [-0.05, 0) is 35.7 Å². The Morgan fingerprint density at radius 2 is 2.08 bits per heavy atom. The molecule has 2 rings (SSSR count). The van der Waals surface area contributed by atoms with E-state index in [0.717, 1.165) is 24.3 Å². The molecule has 0 aliphatic heterocycles. The first-order chi connectivity index (χ1) is 5.53. The highest BCUT2D eigenvalue weighted by Gasteiger charge is 2.58. The standard InChI is InChI=1S/C11H16O/c1-7-4-5-8-9(6-10(7)12)11(8,2)3/h8-9H,1,4-6H2,2-3H3/t8-,9+/m1/s1. The van der Waals surface area contributed by atoms with E-state index in [9.17, 15) is 4.79 Å². The van der Waals surface area contributed by atoms with Crippen molar-refractivity contribution in [2.24, 2.45) is 17.3 Å². The monoisotopic (exact) mass is 164 g/mol. The Morgan fingerprint density at radius 3 is 2.75 bits per heavy atom. The van der Waals surface area contributed by atoms with Crippen molar-refractivity contribution in [2.75, 3.05) is 0 Å². The number of carbonyl (C=O) groups excluding carboxylic acids is 1. The number of hydrogen-bond donors (Lipinski definition) is 0. The van der Waals surface area contributed by atoms with Crippen LogP contribution in [0.25, 0.3) is 0 Å². The van der Waals surface area contributed by atoms with Crippen LogP contribution in [-0.2, 0) is 4.79 Å². The fourth-order valence-corrected chi connectivity index (χ4v) is 2.65. The average molecular weight is 164 g/mol. The molecule has 0 unspecified atom stereocenters. The summed E-state index contributed by atoms with van der Waals surface area (Å²) in [5, 5.41) is 0. The zero-order valence-corrected chi connectivity index (χ0v) is 7.89. The quantitative estimate of drug-likeness (QED) is 0.503. The molecule has 0 saturated heterocycles. The first kappa shape index (κ1) is 8.03. The summed E-state index contributed by atoms with van der Waals surface area (Å²) in [7, 11) is 0. The lowest BCUT2D eigenvalue weighted by atomic mass is 9.98. The van der Waals surface area contributed by atoms with E-state index >= 15 is 0 Å². The Kier molecular flexibility index (Phi) is 1.48. The van der Waals surface area contributed by atoms with E-state index in [0.29, 0.717) is 17.1 Å². The maximum atomic E-state index is 11.4. The molecule has 0 bridgehead atoms. The van der Waals surface area contributed by atoms with Crippen molar-refractivity contribution >= 4 is 5.78 Å². The minimum absolute atomic E-state index is 0.313. The topological polar surface area (TPSA) is 17.1 Å². The van der Waals surface area contributed by atoms with Crippen molar-refractivity contribution in [1.29, 1.82) is 0 Å². The first-order valence-corrected chi connectivity index (χ1v) is 4.74.